The molecule has 1 aromatic heterocycles. The first kappa shape index (κ1) is 19.2. The largest absolute Gasteiger partial charge is 0.323 e. The van der Waals surface area contributed by atoms with E-state index in [1.807, 2.05) is 43.3 Å². The minimum absolute atomic E-state index is 0.0257. The first-order valence-electron chi connectivity index (χ1n) is 10.4. The Labute approximate surface area is 179 Å². The molecule has 1 fully saturated rings. The molecular formula is C23H24N4O2S. The molecule has 1 saturated heterocycles. The van der Waals surface area contributed by atoms with E-state index in [1.54, 1.807) is 16.2 Å². The highest BCUT2D eigenvalue weighted by Gasteiger charge is 2.35. The number of nitrogens with zero attached hydrogens (tertiary/aromatic N) is 3. The summed E-state index contributed by atoms with van der Waals surface area (Å²) in [4.78, 5) is 34.2. The van der Waals surface area contributed by atoms with Crippen molar-refractivity contribution < 1.29 is 9.59 Å². The summed E-state index contributed by atoms with van der Waals surface area (Å²) in [5.41, 5.74) is 2.52. The molecule has 2 aliphatic heterocycles. The number of hydrogen-bond acceptors (Lipinski definition) is 5. The van der Waals surface area contributed by atoms with Crippen molar-refractivity contribution >= 4 is 44.7 Å². The number of nitrogens with one attached hydrogen (secondary N) is 1. The van der Waals surface area contributed by atoms with E-state index >= 15 is 0 Å². The fraction of sp³-hybridized carbons (Fsp3) is 0.348. The van der Waals surface area contributed by atoms with E-state index in [0.717, 1.165) is 42.1 Å². The van der Waals surface area contributed by atoms with E-state index in [0.29, 0.717) is 11.6 Å². The van der Waals surface area contributed by atoms with Gasteiger partial charge in [-0.3, -0.25) is 19.4 Å². The fourth-order valence-electron chi connectivity index (χ4n) is 4.44. The number of thiazole rings is 1. The lowest BCUT2D eigenvalue weighted by Gasteiger charge is -2.38. The number of amides is 2. The number of carbonyl (C=O) groups is 2. The molecule has 7 heteroatoms. The van der Waals surface area contributed by atoms with Crippen molar-refractivity contribution in [1.82, 2.24) is 9.88 Å². The van der Waals surface area contributed by atoms with E-state index in [4.69, 9.17) is 4.98 Å². The fourth-order valence-corrected chi connectivity index (χ4v) is 5.53. The Bertz CT molecular complexity index is 1080. The second kappa shape index (κ2) is 7.81. The highest BCUT2D eigenvalue weighted by atomic mass is 32.1. The SMILES string of the molecule is C[C@H](C(=O)N1CC(=O)Nc2ccccc21)N1CCC[C@@H](c2nc3ccccc3s2)C1. The molecule has 0 radical (unpaired) electrons. The van der Waals surface area contributed by atoms with Crippen molar-refractivity contribution in [2.75, 3.05) is 29.9 Å². The summed E-state index contributed by atoms with van der Waals surface area (Å²) in [5, 5.41) is 4.01. The summed E-state index contributed by atoms with van der Waals surface area (Å²) in [6.07, 6.45) is 2.13. The average Bonchev–Trinajstić information content (AvgIpc) is 3.22. The number of anilines is 2. The standard InChI is InChI=1S/C23H24N4O2S/c1-15(23(29)27-14-21(28)24-17-8-2-4-10-19(17)27)26-12-6-7-16(13-26)22-25-18-9-3-5-11-20(18)30-22/h2-5,8-11,15-16H,6-7,12-14H2,1H3,(H,24,28)/t15-,16-/m1/s1. The first-order chi connectivity index (χ1) is 14.6. The van der Waals surface area contributed by atoms with Gasteiger partial charge in [0.15, 0.2) is 0 Å². The van der Waals surface area contributed by atoms with Gasteiger partial charge in [0.1, 0.15) is 6.54 Å². The summed E-state index contributed by atoms with van der Waals surface area (Å²) >= 11 is 1.76. The molecule has 5 rings (SSSR count). The van der Waals surface area contributed by atoms with Crippen molar-refractivity contribution in [3.8, 4) is 0 Å². The van der Waals surface area contributed by atoms with Gasteiger partial charge in [-0.1, -0.05) is 24.3 Å². The molecule has 0 spiro atoms. The van der Waals surface area contributed by atoms with Crippen LogP contribution in [0.5, 0.6) is 0 Å². The van der Waals surface area contributed by atoms with Crippen LogP contribution >= 0.6 is 11.3 Å². The number of likely N-dealkylation sites (tertiary alicyclic amines) is 1. The van der Waals surface area contributed by atoms with Crippen molar-refractivity contribution in [2.24, 2.45) is 0 Å². The normalized spacial score (nSPS) is 20.6. The van der Waals surface area contributed by atoms with Gasteiger partial charge < -0.3 is 5.32 Å². The Hall–Kier alpha value is -2.77. The topological polar surface area (TPSA) is 65.5 Å². The van der Waals surface area contributed by atoms with Crippen LogP contribution in [0.1, 0.15) is 30.7 Å². The number of piperidine rings is 1. The van der Waals surface area contributed by atoms with Crippen LogP contribution in [0.3, 0.4) is 0 Å². The quantitative estimate of drug-likeness (QED) is 0.699. The molecule has 0 saturated carbocycles. The van der Waals surface area contributed by atoms with Crippen LogP contribution in [0, 0.1) is 0 Å². The third-order valence-electron chi connectivity index (χ3n) is 6.05. The highest BCUT2D eigenvalue weighted by molar-refractivity contribution is 7.18. The van der Waals surface area contributed by atoms with Gasteiger partial charge in [0.25, 0.3) is 0 Å². The molecular weight excluding hydrogens is 396 g/mol. The zero-order valence-corrected chi connectivity index (χ0v) is 17.7. The maximum absolute atomic E-state index is 13.4. The molecule has 2 atom stereocenters. The first-order valence-corrected chi connectivity index (χ1v) is 11.2. The van der Waals surface area contributed by atoms with E-state index < -0.39 is 0 Å². The monoisotopic (exact) mass is 420 g/mol. The van der Waals surface area contributed by atoms with Gasteiger partial charge in [0.2, 0.25) is 11.8 Å². The van der Waals surface area contributed by atoms with Crippen LogP contribution < -0.4 is 10.2 Å². The molecule has 2 amide bonds. The number of fused-ring (bicyclic) bond motifs is 2. The predicted molar refractivity (Wildman–Crippen MR) is 120 cm³/mol. The maximum atomic E-state index is 13.4. The van der Waals surface area contributed by atoms with Crippen LogP contribution in [-0.4, -0.2) is 47.4 Å². The molecule has 154 valence electrons. The second-order valence-corrected chi connectivity index (χ2v) is 9.08. The molecule has 2 aromatic carbocycles. The van der Waals surface area contributed by atoms with E-state index in [1.165, 1.54) is 4.70 Å². The molecule has 1 N–H and O–H groups in total. The Morgan fingerprint density at radius 1 is 1.20 bits per heavy atom. The Morgan fingerprint density at radius 2 is 2.00 bits per heavy atom. The third kappa shape index (κ3) is 3.48. The second-order valence-electron chi connectivity index (χ2n) is 8.02. The zero-order chi connectivity index (χ0) is 20.7. The molecule has 0 aliphatic carbocycles. The lowest BCUT2D eigenvalue weighted by Crippen LogP contribution is -2.53. The van der Waals surface area contributed by atoms with E-state index in [9.17, 15) is 9.59 Å². The molecule has 6 nitrogen and oxygen atoms in total. The minimum atomic E-state index is -0.291. The zero-order valence-electron chi connectivity index (χ0n) is 16.9. The van der Waals surface area contributed by atoms with Crippen LogP contribution in [0.15, 0.2) is 48.5 Å². The predicted octanol–water partition coefficient (Wildman–Crippen LogP) is 3.85. The van der Waals surface area contributed by atoms with Gasteiger partial charge in [0, 0.05) is 12.5 Å². The number of benzene rings is 2. The summed E-state index contributed by atoms with van der Waals surface area (Å²) in [6.45, 7) is 3.72. The van der Waals surface area contributed by atoms with Crippen LogP contribution in [0.25, 0.3) is 10.2 Å². The molecule has 0 bridgehead atoms. The summed E-state index contributed by atoms with van der Waals surface area (Å²) in [6, 6.07) is 15.4. The van der Waals surface area contributed by atoms with Crippen LogP contribution in [0.2, 0.25) is 0 Å². The van der Waals surface area contributed by atoms with Crippen molar-refractivity contribution in [1.29, 1.82) is 0 Å². The van der Waals surface area contributed by atoms with Crippen molar-refractivity contribution in [2.45, 2.75) is 31.7 Å². The van der Waals surface area contributed by atoms with Crippen molar-refractivity contribution in [3.05, 3.63) is 53.5 Å². The molecule has 3 aromatic rings. The summed E-state index contributed by atoms with van der Waals surface area (Å²) in [5.74, 6) is 0.158. The van der Waals surface area contributed by atoms with Gasteiger partial charge in [-0.05, 0) is 50.6 Å². The lowest BCUT2D eigenvalue weighted by molar-refractivity contribution is -0.125. The van der Waals surface area contributed by atoms with Crippen LogP contribution in [-0.2, 0) is 9.59 Å². The van der Waals surface area contributed by atoms with Crippen LogP contribution in [0.4, 0.5) is 11.4 Å². The molecule has 0 unspecified atom stereocenters. The number of hydrogen-bond donors (Lipinski definition) is 1. The lowest BCUT2D eigenvalue weighted by atomic mass is 9.97. The number of para-hydroxylation sites is 3. The summed E-state index contributed by atoms with van der Waals surface area (Å²) < 4.78 is 1.21. The van der Waals surface area contributed by atoms with Gasteiger partial charge in [-0.2, -0.15) is 0 Å². The summed E-state index contributed by atoms with van der Waals surface area (Å²) in [7, 11) is 0. The van der Waals surface area contributed by atoms with Gasteiger partial charge in [-0.25, -0.2) is 4.98 Å². The smallest absolute Gasteiger partial charge is 0.244 e. The average molecular weight is 421 g/mol. The van der Waals surface area contributed by atoms with Gasteiger partial charge in [0.05, 0.1) is 32.6 Å². The Balaban J connectivity index is 1.35. The highest BCUT2D eigenvalue weighted by Crippen LogP contribution is 2.34. The van der Waals surface area contributed by atoms with Gasteiger partial charge in [-0.15, -0.1) is 11.3 Å². The van der Waals surface area contributed by atoms with E-state index in [2.05, 4.69) is 22.3 Å². The number of carbonyl (C=O) groups excluding carboxylic acids is 2. The number of aromatic nitrogens is 1. The number of rotatable bonds is 3. The van der Waals surface area contributed by atoms with E-state index in [-0.39, 0.29) is 24.4 Å². The molecule has 2 aliphatic rings. The molecule has 3 heterocycles. The Kier molecular flexibility index (Phi) is 5.00. The third-order valence-corrected chi connectivity index (χ3v) is 7.25. The molecule has 30 heavy (non-hydrogen) atoms. The Morgan fingerprint density at radius 3 is 2.87 bits per heavy atom. The van der Waals surface area contributed by atoms with Crippen molar-refractivity contribution in [3.63, 3.8) is 0 Å². The maximum Gasteiger partial charge on any atom is 0.244 e. The van der Waals surface area contributed by atoms with Gasteiger partial charge >= 0.3 is 0 Å². The minimum Gasteiger partial charge on any atom is -0.323 e.